The standard InChI is InChI=1S/C21H20ClN5O4S/c1-11(2)9-30-21-16(22)5-12(8-23-21)19-14-7-18-15(6-17(14)24-10-25-19)20(26-31-18)27-32(28,29)13-3-4-13/h5-8,10-11,13H,3-4,9H2,1-2H3,(H,26,27). The number of hydrogen-bond acceptors (Lipinski definition) is 8. The molecule has 0 saturated heterocycles. The smallest absolute Gasteiger partial charge is 0.236 e. The predicted molar refractivity (Wildman–Crippen MR) is 121 cm³/mol. The highest BCUT2D eigenvalue weighted by Crippen LogP contribution is 2.35. The van der Waals surface area contributed by atoms with E-state index in [-0.39, 0.29) is 11.1 Å². The summed E-state index contributed by atoms with van der Waals surface area (Å²) in [5, 5.41) is 5.15. The molecule has 0 amide bonds. The third-order valence-corrected chi connectivity index (χ3v) is 7.16. The summed E-state index contributed by atoms with van der Waals surface area (Å²) in [6, 6.07) is 5.21. The third kappa shape index (κ3) is 3.95. The highest BCUT2D eigenvalue weighted by atomic mass is 35.5. The summed E-state index contributed by atoms with van der Waals surface area (Å²) < 4.78 is 38.2. The number of ether oxygens (including phenoxy) is 1. The van der Waals surface area contributed by atoms with Gasteiger partial charge in [-0.25, -0.2) is 23.4 Å². The van der Waals surface area contributed by atoms with Crippen LogP contribution in [-0.4, -0.2) is 40.4 Å². The molecule has 11 heteroatoms. The van der Waals surface area contributed by atoms with E-state index in [1.165, 1.54) is 6.33 Å². The van der Waals surface area contributed by atoms with Gasteiger partial charge < -0.3 is 9.26 Å². The summed E-state index contributed by atoms with van der Waals surface area (Å²) in [6.45, 7) is 4.60. The molecule has 3 aromatic heterocycles. The van der Waals surface area contributed by atoms with E-state index in [0.717, 1.165) is 0 Å². The van der Waals surface area contributed by atoms with Crippen LogP contribution < -0.4 is 9.46 Å². The lowest BCUT2D eigenvalue weighted by atomic mass is 10.1. The maximum Gasteiger partial charge on any atom is 0.236 e. The molecule has 1 fully saturated rings. The minimum atomic E-state index is -3.47. The molecule has 1 saturated carbocycles. The Morgan fingerprint density at radius 1 is 1.19 bits per heavy atom. The predicted octanol–water partition coefficient (Wildman–Crippen LogP) is 4.43. The molecule has 1 aliphatic rings. The van der Waals surface area contributed by atoms with E-state index in [2.05, 4.69) is 24.8 Å². The fraction of sp³-hybridized carbons (Fsp3) is 0.333. The normalized spacial score (nSPS) is 14.4. The van der Waals surface area contributed by atoms with Gasteiger partial charge in [0.1, 0.15) is 11.3 Å². The van der Waals surface area contributed by atoms with Crippen molar-refractivity contribution in [1.29, 1.82) is 0 Å². The van der Waals surface area contributed by atoms with Crippen molar-refractivity contribution in [2.45, 2.75) is 31.9 Å². The number of halogens is 1. The monoisotopic (exact) mass is 473 g/mol. The minimum Gasteiger partial charge on any atom is -0.476 e. The van der Waals surface area contributed by atoms with Crippen molar-refractivity contribution in [1.82, 2.24) is 20.1 Å². The molecule has 0 radical (unpaired) electrons. The van der Waals surface area contributed by atoms with Crippen molar-refractivity contribution in [3.05, 3.63) is 35.7 Å². The minimum absolute atomic E-state index is 0.158. The summed E-state index contributed by atoms with van der Waals surface area (Å²) in [7, 11) is -3.47. The van der Waals surface area contributed by atoms with E-state index < -0.39 is 10.0 Å². The summed E-state index contributed by atoms with van der Waals surface area (Å²) in [5.74, 6) is 0.874. The molecule has 0 aliphatic heterocycles. The lowest BCUT2D eigenvalue weighted by molar-refractivity contribution is 0.261. The van der Waals surface area contributed by atoms with Gasteiger partial charge in [0.05, 0.1) is 28.5 Å². The maximum atomic E-state index is 12.3. The number of fused-ring (bicyclic) bond motifs is 2. The molecule has 5 rings (SSSR count). The Morgan fingerprint density at radius 2 is 2.00 bits per heavy atom. The number of benzene rings is 1. The largest absolute Gasteiger partial charge is 0.476 e. The quantitative estimate of drug-likeness (QED) is 0.418. The fourth-order valence-electron chi connectivity index (χ4n) is 3.29. The Hall–Kier alpha value is -2.98. The number of pyridine rings is 1. The second kappa shape index (κ2) is 7.86. The second-order valence-corrected chi connectivity index (χ2v) is 10.5. The van der Waals surface area contributed by atoms with Gasteiger partial charge in [0.15, 0.2) is 11.4 Å². The molecule has 1 aromatic carbocycles. The van der Waals surface area contributed by atoms with Crippen LogP contribution in [0.3, 0.4) is 0 Å². The number of sulfonamides is 1. The highest BCUT2D eigenvalue weighted by molar-refractivity contribution is 7.93. The Balaban J connectivity index is 1.54. The van der Waals surface area contributed by atoms with Gasteiger partial charge in [-0.1, -0.05) is 30.6 Å². The number of hydrogen-bond donors (Lipinski definition) is 1. The van der Waals surface area contributed by atoms with Crippen LogP contribution in [0.4, 0.5) is 5.82 Å². The van der Waals surface area contributed by atoms with E-state index in [1.54, 1.807) is 24.4 Å². The van der Waals surface area contributed by atoms with Gasteiger partial charge >= 0.3 is 0 Å². The number of aromatic nitrogens is 4. The average Bonchev–Trinajstić information content (AvgIpc) is 3.55. The van der Waals surface area contributed by atoms with Crippen LogP contribution in [0.2, 0.25) is 5.02 Å². The summed E-state index contributed by atoms with van der Waals surface area (Å²) in [6.07, 6.45) is 4.39. The number of nitrogens with zero attached hydrogens (tertiary/aromatic N) is 4. The molecule has 1 N–H and O–H groups in total. The molecule has 0 unspecified atom stereocenters. The first-order valence-electron chi connectivity index (χ1n) is 10.2. The van der Waals surface area contributed by atoms with Gasteiger partial charge in [0.2, 0.25) is 15.9 Å². The van der Waals surface area contributed by atoms with E-state index in [9.17, 15) is 8.42 Å². The lowest BCUT2D eigenvalue weighted by Crippen LogP contribution is -2.17. The van der Waals surface area contributed by atoms with Gasteiger partial charge in [0, 0.05) is 17.1 Å². The maximum absolute atomic E-state index is 12.3. The van der Waals surface area contributed by atoms with Crippen LogP contribution in [0.5, 0.6) is 5.88 Å². The van der Waals surface area contributed by atoms with Crippen molar-refractivity contribution in [3.63, 3.8) is 0 Å². The van der Waals surface area contributed by atoms with Gasteiger partial charge in [-0.3, -0.25) is 4.72 Å². The van der Waals surface area contributed by atoms with Crippen LogP contribution in [0, 0.1) is 5.92 Å². The Morgan fingerprint density at radius 3 is 2.72 bits per heavy atom. The number of nitrogens with one attached hydrogen (secondary N) is 1. The first kappa shape index (κ1) is 20.9. The van der Waals surface area contributed by atoms with Gasteiger partial charge in [-0.05, 0) is 37.0 Å². The van der Waals surface area contributed by atoms with Crippen molar-refractivity contribution in [2.24, 2.45) is 5.92 Å². The Bertz CT molecular complexity index is 1430. The lowest BCUT2D eigenvalue weighted by Gasteiger charge is -2.11. The number of rotatable bonds is 7. The molecule has 0 bridgehead atoms. The third-order valence-electron chi connectivity index (χ3n) is 5.06. The average molecular weight is 474 g/mol. The molecule has 166 valence electrons. The zero-order valence-corrected chi connectivity index (χ0v) is 18.9. The van der Waals surface area contributed by atoms with E-state index in [1.807, 2.05) is 13.8 Å². The molecular formula is C21H20ClN5O4S. The molecule has 0 atom stereocenters. The molecule has 3 heterocycles. The molecule has 32 heavy (non-hydrogen) atoms. The molecule has 9 nitrogen and oxygen atoms in total. The summed E-state index contributed by atoms with van der Waals surface area (Å²) in [4.78, 5) is 13.1. The SMILES string of the molecule is CC(C)COc1ncc(-c2ncnc3cc4c(NS(=O)(=O)C5CC5)noc4cc23)cc1Cl. The van der Waals surface area contributed by atoms with E-state index in [0.29, 0.717) is 69.4 Å². The van der Waals surface area contributed by atoms with Crippen LogP contribution in [0.1, 0.15) is 26.7 Å². The van der Waals surface area contributed by atoms with Crippen LogP contribution in [0.15, 0.2) is 35.2 Å². The van der Waals surface area contributed by atoms with Crippen molar-refractivity contribution in [2.75, 3.05) is 11.3 Å². The van der Waals surface area contributed by atoms with Crippen LogP contribution >= 0.6 is 11.6 Å². The van der Waals surface area contributed by atoms with Gasteiger partial charge in [-0.15, -0.1) is 0 Å². The van der Waals surface area contributed by atoms with E-state index in [4.69, 9.17) is 20.9 Å². The summed E-state index contributed by atoms with van der Waals surface area (Å²) >= 11 is 6.38. The molecule has 0 spiro atoms. The van der Waals surface area contributed by atoms with Crippen LogP contribution in [0.25, 0.3) is 33.1 Å². The first-order chi connectivity index (χ1) is 15.3. The second-order valence-electron chi connectivity index (χ2n) is 8.18. The molecule has 1 aliphatic carbocycles. The zero-order chi connectivity index (χ0) is 22.5. The van der Waals surface area contributed by atoms with Crippen molar-refractivity contribution < 1.29 is 17.7 Å². The zero-order valence-electron chi connectivity index (χ0n) is 17.4. The van der Waals surface area contributed by atoms with Crippen molar-refractivity contribution in [3.8, 4) is 17.1 Å². The topological polar surface area (TPSA) is 120 Å². The Kier molecular flexibility index (Phi) is 5.13. The fourth-order valence-corrected chi connectivity index (χ4v) is 4.86. The van der Waals surface area contributed by atoms with Gasteiger partial charge in [0.25, 0.3) is 0 Å². The Labute approximate surface area is 189 Å². The van der Waals surface area contributed by atoms with E-state index >= 15 is 0 Å². The van der Waals surface area contributed by atoms with Crippen molar-refractivity contribution >= 4 is 49.3 Å². The number of anilines is 1. The first-order valence-corrected chi connectivity index (χ1v) is 12.1. The molecular weight excluding hydrogens is 454 g/mol. The van der Waals surface area contributed by atoms with Crippen LogP contribution in [-0.2, 0) is 10.0 Å². The highest BCUT2D eigenvalue weighted by Gasteiger charge is 2.36. The van der Waals surface area contributed by atoms with Gasteiger partial charge in [-0.2, -0.15) is 0 Å². The molecule has 4 aromatic rings. The summed E-state index contributed by atoms with van der Waals surface area (Å²) in [5.41, 5.74) is 2.32.